The minimum absolute atomic E-state index is 0.196. The van der Waals surface area contributed by atoms with Crippen LogP contribution in [0.25, 0.3) is 0 Å². The topological polar surface area (TPSA) is 47.7 Å². The maximum Gasteiger partial charge on any atom is 0.277 e. The molecule has 0 unspecified atom stereocenters. The average molecular weight is 412 g/mol. The molecular weight excluding hydrogens is 378 g/mol. The third-order valence-electron chi connectivity index (χ3n) is 6.05. The van der Waals surface area contributed by atoms with E-state index in [9.17, 15) is 4.79 Å². The molecule has 1 fully saturated rings. The van der Waals surface area contributed by atoms with Crippen LogP contribution < -0.4 is 19.3 Å². The van der Waals surface area contributed by atoms with Crippen LogP contribution >= 0.6 is 0 Å². The molecule has 0 aromatic heterocycles. The first-order chi connectivity index (χ1) is 14.6. The van der Waals surface area contributed by atoms with E-state index in [0.29, 0.717) is 26.3 Å². The maximum absolute atomic E-state index is 12.8. The summed E-state index contributed by atoms with van der Waals surface area (Å²) in [7, 11) is 1.89. The Morgan fingerprint density at radius 2 is 1.67 bits per heavy atom. The Hall–Kier alpha value is -2.57. The van der Waals surface area contributed by atoms with Crippen molar-refractivity contribution in [2.75, 3.05) is 53.0 Å². The van der Waals surface area contributed by atoms with Crippen molar-refractivity contribution in [1.29, 1.82) is 0 Å². The number of carbonyl (C=O) groups is 1. The molecule has 2 heterocycles. The minimum Gasteiger partial charge on any atom is -0.486 e. The molecule has 0 saturated carbocycles. The molecule has 0 spiro atoms. The highest BCUT2D eigenvalue weighted by atomic mass is 16.6. The highest BCUT2D eigenvalue weighted by Crippen LogP contribution is 2.30. The van der Waals surface area contributed by atoms with Crippen LogP contribution in [0.4, 0.5) is 0 Å². The SMILES string of the molecule is Cc1cccc(C[NH+]2CC[NH+](CC(=O)N(C)Cc3ccc4c(c3)OCCO4)CC2)c1. The summed E-state index contributed by atoms with van der Waals surface area (Å²) in [5.41, 5.74) is 3.80. The second kappa shape index (κ2) is 9.49. The second-order valence-corrected chi connectivity index (χ2v) is 8.57. The van der Waals surface area contributed by atoms with Crippen molar-refractivity contribution in [2.45, 2.75) is 20.0 Å². The largest absolute Gasteiger partial charge is 0.486 e. The summed E-state index contributed by atoms with van der Waals surface area (Å²) in [4.78, 5) is 17.6. The summed E-state index contributed by atoms with van der Waals surface area (Å²) in [6, 6.07) is 14.7. The Morgan fingerprint density at radius 1 is 0.933 bits per heavy atom. The first-order valence-electron chi connectivity index (χ1n) is 10.9. The molecule has 6 nitrogen and oxygen atoms in total. The Morgan fingerprint density at radius 3 is 2.43 bits per heavy atom. The number of rotatable bonds is 6. The van der Waals surface area contributed by atoms with Gasteiger partial charge in [-0.3, -0.25) is 4.79 Å². The van der Waals surface area contributed by atoms with E-state index in [1.165, 1.54) is 16.0 Å². The maximum atomic E-state index is 12.8. The van der Waals surface area contributed by atoms with Crippen molar-refractivity contribution < 1.29 is 24.1 Å². The number of aryl methyl sites for hydroxylation is 1. The third-order valence-corrected chi connectivity index (χ3v) is 6.05. The van der Waals surface area contributed by atoms with Gasteiger partial charge in [-0.1, -0.05) is 35.9 Å². The number of hydrogen-bond acceptors (Lipinski definition) is 3. The van der Waals surface area contributed by atoms with E-state index in [4.69, 9.17) is 9.47 Å². The highest BCUT2D eigenvalue weighted by Gasteiger charge is 2.26. The van der Waals surface area contributed by atoms with E-state index in [0.717, 1.165) is 49.8 Å². The van der Waals surface area contributed by atoms with Crippen LogP contribution in [0, 0.1) is 6.92 Å². The highest BCUT2D eigenvalue weighted by molar-refractivity contribution is 5.76. The molecule has 160 valence electrons. The molecular formula is C24H33N3O3+2. The van der Waals surface area contributed by atoms with E-state index in [1.807, 2.05) is 30.1 Å². The quantitative estimate of drug-likeness (QED) is 0.687. The lowest BCUT2D eigenvalue weighted by molar-refractivity contribution is -1.02. The van der Waals surface area contributed by atoms with Crippen LogP contribution in [0.3, 0.4) is 0 Å². The van der Waals surface area contributed by atoms with Gasteiger partial charge in [0.2, 0.25) is 0 Å². The predicted molar refractivity (Wildman–Crippen MR) is 115 cm³/mol. The van der Waals surface area contributed by atoms with Crippen LogP contribution in [0.1, 0.15) is 16.7 Å². The van der Waals surface area contributed by atoms with E-state index in [2.05, 4.69) is 31.2 Å². The van der Waals surface area contributed by atoms with Crippen LogP contribution in [-0.4, -0.2) is 63.8 Å². The van der Waals surface area contributed by atoms with Gasteiger partial charge in [0.15, 0.2) is 18.0 Å². The molecule has 0 radical (unpaired) electrons. The lowest BCUT2D eigenvalue weighted by atomic mass is 10.1. The van der Waals surface area contributed by atoms with Crippen molar-refractivity contribution in [3.8, 4) is 11.5 Å². The van der Waals surface area contributed by atoms with Crippen molar-refractivity contribution in [2.24, 2.45) is 0 Å². The third kappa shape index (κ3) is 5.32. The smallest absolute Gasteiger partial charge is 0.277 e. The second-order valence-electron chi connectivity index (χ2n) is 8.57. The Labute approximate surface area is 179 Å². The zero-order valence-corrected chi connectivity index (χ0v) is 18.1. The van der Waals surface area contributed by atoms with E-state index in [-0.39, 0.29) is 5.91 Å². The standard InChI is InChI=1S/C24H31N3O3/c1-19-4-3-5-20(14-19)17-26-8-10-27(11-9-26)18-24(28)25(2)16-21-6-7-22-23(15-21)30-13-12-29-22/h3-7,14-15H,8-13,16-18H2,1-2H3/p+2. The summed E-state index contributed by atoms with van der Waals surface area (Å²) >= 11 is 0. The summed E-state index contributed by atoms with van der Waals surface area (Å²) in [6.45, 7) is 9.87. The van der Waals surface area contributed by atoms with Gasteiger partial charge >= 0.3 is 0 Å². The number of nitrogens with zero attached hydrogens (tertiary/aromatic N) is 1. The number of likely N-dealkylation sites (N-methyl/N-ethyl adjacent to an activating group) is 1. The Kier molecular flexibility index (Phi) is 6.55. The number of nitrogens with one attached hydrogen (secondary N) is 2. The number of benzene rings is 2. The number of ether oxygens (including phenoxy) is 2. The molecule has 6 heteroatoms. The summed E-state index contributed by atoms with van der Waals surface area (Å²) < 4.78 is 11.2. The van der Waals surface area contributed by atoms with Crippen LogP contribution in [0.15, 0.2) is 42.5 Å². The number of amides is 1. The normalized spacial score (nSPS) is 20.6. The zero-order valence-electron chi connectivity index (χ0n) is 18.1. The van der Waals surface area contributed by atoms with Crippen molar-refractivity contribution in [3.63, 3.8) is 0 Å². The number of carbonyl (C=O) groups excluding carboxylic acids is 1. The van der Waals surface area contributed by atoms with E-state index < -0.39 is 0 Å². The Balaban J connectivity index is 1.23. The van der Waals surface area contributed by atoms with Gasteiger partial charge in [-0.15, -0.1) is 0 Å². The van der Waals surface area contributed by atoms with Crippen molar-refractivity contribution >= 4 is 5.91 Å². The molecule has 2 aliphatic heterocycles. The van der Waals surface area contributed by atoms with Gasteiger partial charge in [0.05, 0.1) is 0 Å². The fraction of sp³-hybridized carbons (Fsp3) is 0.458. The molecule has 0 atom stereocenters. The van der Waals surface area contributed by atoms with E-state index in [1.54, 1.807) is 4.90 Å². The van der Waals surface area contributed by atoms with Gasteiger partial charge in [0.25, 0.3) is 5.91 Å². The minimum atomic E-state index is 0.196. The van der Waals surface area contributed by atoms with Crippen LogP contribution in [0.5, 0.6) is 11.5 Å². The van der Waals surface area contributed by atoms with Gasteiger partial charge in [0.1, 0.15) is 45.9 Å². The van der Waals surface area contributed by atoms with Gasteiger partial charge in [-0.25, -0.2) is 0 Å². The van der Waals surface area contributed by atoms with Gasteiger partial charge in [-0.05, 0) is 24.6 Å². The number of hydrogen-bond donors (Lipinski definition) is 2. The molecule has 30 heavy (non-hydrogen) atoms. The van der Waals surface area contributed by atoms with Crippen molar-refractivity contribution in [1.82, 2.24) is 4.90 Å². The zero-order chi connectivity index (χ0) is 20.9. The molecule has 2 N–H and O–H groups in total. The molecule has 2 aliphatic rings. The lowest BCUT2D eigenvalue weighted by Crippen LogP contribution is -3.28. The number of piperazine rings is 1. The monoisotopic (exact) mass is 411 g/mol. The molecule has 2 aromatic carbocycles. The summed E-state index contributed by atoms with van der Waals surface area (Å²) in [5.74, 6) is 1.76. The summed E-state index contributed by atoms with van der Waals surface area (Å²) in [6.07, 6.45) is 0. The fourth-order valence-corrected chi connectivity index (χ4v) is 4.32. The van der Waals surface area contributed by atoms with Gasteiger partial charge in [0, 0.05) is 19.2 Å². The molecule has 2 aromatic rings. The van der Waals surface area contributed by atoms with E-state index >= 15 is 0 Å². The first kappa shape index (κ1) is 20.7. The van der Waals surface area contributed by atoms with Crippen molar-refractivity contribution in [3.05, 3.63) is 59.2 Å². The van der Waals surface area contributed by atoms with Gasteiger partial charge < -0.3 is 24.2 Å². The molecule has 0 aliphatic carbocycles. The van der Waals surface area contributed by atoms with Crippen LogP contribution in [-0.2, 0) is 17.9 Å². The van der Waals surface area contributed by atoms with Crippen LogP contribution in [0.2, 0.25) is 0 Å². The lowest BCUT2D eigenvalue weighted by Gasteiger charge is -2.30. The molecule has 1 saturated heterocycles. The predicted octanol–water partition coefficient (Wildman–Crippen LogP) is -0.292. The number of fused-ring (bicyclic) bond motifs is 1. The average Bonchev–Trinajstić information content (AvgIpc) is 2.75. The fourth-order valence-electron chi connectivity index (χ4n) is 4.32. The summed E-state index contributed by atoms with van der Waals surface area (Å²) in [5, 5.41) is 0. The molecule has 1 amide bonds. The molecule has 0 bridgehead atoms. The molecule has 4 rings (SSSR count). The Bertz CT molecular complexity index is 878. The number of quaternary nitrogens is 2. The first-order valence-corrected chi connectivity index (χ1v) is 10.9. The van der Waals surface area contributed by atoms with Gasteiger partial charge in [-0.2, -0.15) is 0 Å².